The Labute approximate surface area is 168 Å². The molecular weight excluding hydrogens is 436 g/mol. The lowest BCUT2D eigenvalue weighted by Crippen LogP contribution is -2.18. The minimum Gasteiger partial charge on any atom is -0.324 e. The molecule has 0 saturated carbocycles. The normalized spacial score (nSPS) is 11.7. The second-order valence-electron chi connectivity index (χ2n) is 5.17. The van der Waals surface area contributed by atoms with Crippen LogP contribution in [0.5, 0.6) is 0 Å². The summed E-state index contributed by atoms with van der Waals surface area (Å²) in [5.74, 6) is -3.18. The molecule has 0 spiro atoms. The van der Waals surface area contributed by atoms with Crippen LogP contribution in [-0.2, 0) is 14.6 Å². The van der Waals surface area contributed by atoms with E-state index in [0.717, 1.165) is 40.8 Å². The van der Waals surface area contributed by atoms with E-state index in [1.165, 1.54) is 29.5 Å². The number of aromatic nitrogens is 2. The van der Waals surface area contributed by atoms with E-state index in [1.807, 2.05) is 0 Å². The number of amides is 1. The van der Waals surface area contributed by atoms with Gasteiger partial charge in [-0.15, -0.1) is 10.2 Å². The lowest BCUT2D eigenvalue weighted by molar-refractivity contribution is -0.113. The molecule has 2 rings (SSSR count). The van der Waals surface area contributed by atoms with Crippen LogP contribution in [0.2, 0.25) is 0 Å². The summed E-state index contributed by atoms with van der Waals surface area (Å²) in [6, 6.07) is 5.08. The first-order valence-corrected chi connectivity index (χ1v) is 12.2. The molecule has 0 aliphatic heterocycles. The standard InChI is InChI=1S/C15H17F2N3O3S4/c1-2-3-8-24-14-19-20-15(26-14)25-9-12(21)18-10-6-4-5-7-11(10)27(22,23)13(16)17/h4-7,13H,2-3,8-9H2,1H3,(H,18,21). The van der Waals surface area contributed by atoms with Crippen LogP contribution in [0.15, 0.2) is 37.8 Å². The molecular formula is C15H17F2N3O3S4. The topological polar surface area (TPSA) is 89.0 Å². The highest BCUT2D eigenvalue weighted by atomic mass is 32.2. The Balaban J connectivity index is 1.95. The second-order valence-corrected chi connectivity index (χ2v) is 10.6. The van der Waals surface area contributed by atoms with Gasteiger partial charge in [-0.25, -0.2) is 8.42 Å². The molecule has 0 saturated heterocycles. The smallest absolute Gasteiger partial charge is 0.324 e. The largest absolute Gasteiger partial charge is 0.341 e. The number of hydrogen-bond donors (Lipinski definition) is 1. The molecule has 6 nitrogen and oxygen atoms in total. The van der Waals surface area contributed by atoms with Gasteiger partial charge >= 0.3 is 5.76 Å². The van der Waals surface area contributed by atoms with E-state index >= 15 is 0 Å². The summed E-state index contributed by atoms with van der Waals surface area (Å²) in [6.45, 7) is 2.10. The monoisotopic (exact) mass is 453 g/mol. The van der Waals surface area contributed by atoms with Crippen molar-refractivity contribution < 1.29 is 22.0 Å². The van der Waals surface area contributed by atoms with Crippen molar-refractivity contribution in [3.05, 3.63) is 24.3 Å². The minimum atomic E-state index is -4.81. The number of sulfone groups is 1. The number of para-hydroxylation sites is 1. The van der Waals surface area contributed by atoms with E-state index < -0.39 is 26.4 Å². The Bertz CT molecular complexity index is 875. The van der Waals surface area contributed by atoms with Crippen molar-refractivity contribution in [1.29, 1.82) is 0 Å². The molecule has 0 unspecified atom stereocenters. The van der Waals surface area contributed by atoms with Crippen molar-refractivity contribution in [3.63, 3.8) is 0 Å². The summed E-state index contributed by atoms with van der Waals surface area (Å²) in [4.78, 5) is 11.5. The number of nitrogens with one attached hydrogen (secondary N) is 1. The maximum absolute atomic E-state index is 12.8. The van der Waals surface area contributed by atoms with Gasteiger partial charge in [-0.2, -0.15) is 8.78 Å². The number of anilines is 1. The van der Waals surface area contributed by atoms with Gasteiger partial charge in [-0.05, 0) is 18.6 Å². The molecule has 148 valence electrons. The highest BCUT2D eigenvalue weighted by molar-refractivity contribution is 8.03. The highest BCUT2D eigenvalue weighted by Gasteiger charge is 2.29. The van der Waals surface area contributed by atoms with Gasteiger partial charge in [0.15, 0.2) is 8.68 Å². The van der Waals surface area contributed by atoms with Gasteiger partial charge in [0, 0.05) is 5.75 Å². The van der Waals surface area contributed by atoms with Crippen LogP contribution >= 0.6 is 34.9 Å². The zero-order valence-electron chi connectivity index (χ0n) is 14.2. The predicted octanol–water partition coefficient (Wildman–Crippen LogP) is 4.16. The first-order valence-electron chi connectivity index (χ1n) is 7.84. The number of carbonyl (C=O) groups excluding carboxylic acids is 1. The Hall–Kier alpha value is -1.24. The molecule has 27 heavy (non-hydrogen) atoms. The van der Waals surface area contributed by atoms with E-state index in [0.29, 0.717) is 4.34 Å². The fourth-order valence-electron chi connectivity index (χ4n) is 1.85. The number of thioether (sulfide) groups is 2. The molecule has 1 heterocycles. The van der Waals surface area contributed by atoms with E-state index in [4.69, 9.17) is 0 Å². The molecule has 1 aromatic carbocycles. The van der Waals surface area contributed by atoms with Crippen LogP contribution in [0.25, 0.3) is 0 Å². The molecule has 2 aromatic rings. The van der Waals surface area contributed by atoms with Crippen molar-refractivity contribution in [2.24, 2.45) is 0 Å². The van der Waals surface area contributed by atoms with Gasteiger partial charge in [0.05, 0.1) is 16.3 Å². The van der Waals surface area contributed by atoms with Crippen LogP contribution in [0.4, 0.5) is 14.5 Å². The third-order valence-corrected chi connectivity index (χ3v) is 7.85. The van der Waals surface area contributed by atoms with E-state index in [9.17, 15) is 22.0 Å². The summed E-state index contributed by atoms with van der Waals surface area (Å²) in [5, 5.41) is 10.4. The van der Waals surface area contributed by atoms with E-state index in [1.54, 1.807) is 11.8 Å². The molecule has 1 aromatic heterocycles. The Morgan fingerprint density at radius 1 is 1.22 bits per heavy atom. The molecule has 0 radical (unpaired) electrons. The fraction of sp³-hybridized carbons (Fsp3) is 0.400. The van der Waals surface area contributed by atoms with Gasteiger partial charge in [-0.3, -0.25) is 4.79 Å². The minimum absolute atomic E-state index is 0.0443. The van der Waals surface area contributed by atoms with Crippen LogP contribution in [0.3, 0.4) is 0 Å². The van der Waals surface area contributed by atoms with Gasteiger partial charge in [0.2, 0.25) is 15.7 Å². The van der Waals surface area contributed by atoms with Gasteiger partial charge in [0.25, 0.3) is 0 Å². The molecule has 0 atom stereocenters. The van der Waals surface area contributed by atoms with Gasteiger partial charge < -0.3 is 5.32 Å². The number of nitrogens with zero attached hydrogens (tertiary/aromatic N) is 2. The molecule has 0 aliphatic carbocycles. The summed E-state index contributed by atoms with van der Waals surface area (Å²) < 4.78 is 50.4. The molecule has 12 heteroatoms. The SMILES string of the molecule is CCCCSc1nnc(SCC(=O)Nc2ccccc2S(=O)(=O)C(F)F)s1. The number of carbonyl (C=O) groups is 1. The number of halogens is 2. The molecule has 1 amide bonds. The zero-order chi connectivity index (χ0) is 19.9. The summed E-state index contributed by atoms with van der Waals surface area (Å²) >= 11 is 4.12. The quantitative estimate of drug-likeness (QED) is 0.427. The maximum atomic E-state index is 12.8. The summed E-state index contributed by atoms with van der Waals surface area (Å²) in [7, 11) is -4.81. The van der Waals surface area contributed by atoms with Gasteiger partial charge in [-0.1, -0.05) is 60.3 Å². The van der Waals surface area contributed by atoms with Crippen LogP contribution < -0.4 is 5.32 Å². The zero-order valence-corrected chi connectivity index (χ0v) is 17.5. The third kappa shape index (κ3) is 6.40. The Morgan fingerprint density at radius 3 is 2.56 bits per heavy atom. The molecule has 0 bridgehead atoms. The number of unbranched alkanes of at least 4 members (excludes halogenated alkanes) is 1. The molecule has 0 fully saturated rings. The van der Waals surface area contributed by atoms with Crippen LogP contribution in [-0.4, -0.2) is 41.8 Å². The third-order valence-electron chi connectivity index (χ3n) is 3.14. The van der Waals surface area contributed by atoms with Gasteiger partial charge in [0.1, 0.15) is 0 Å². The lowest BCUT2D eigenvalue weighted by atomic mass is 10.3. The highest BCUT2D eigenvalue weighted by Crippen LogP contribution is 2.30. The lowest BCUT2D eigenvalue weighted by Gasteiger charge is -2.10. The predicted molar refractivity (Wildman–Crippen MR) is 105 cm³/mol. The van der Waals surface area contributed by atoms with E-state index in [-0.39, 0.29) is 11.4 Å². The number of hydrogen-bond acceptors (Lipinski definition) is 8. The van der Waals surface area contributed by atoms with Crippen LogP contribution in [0, 0.1) is 0 Å². The average molecular weight is 454 g/mol. The Morgan fingerprint density at radius 2 is 1.89 bits per heavy atom. The Kier molecular flexibility index (Phi) is 8.45. The van der Waals surface area contributed by atoms with Crippen molar-refractivity contribution in [2.45, 2.75) is 39.1 Å². The summed E-state index contributed by atoms with van der Waals surface area (Å²) in [6.07, 6.45) is 2.17. The van der Waals surface area contributed by atoms with E-state index in [2.05, 4.69) is 22.4 Å². The maximum Gasteiger partial charge on any atom is 0.341 e. The van der Waals surface area contributed by atoms with Crippen molar-refractivity contribution in [1.82, 2.24) is 10.2 Å². The van der Waals surface area contributed by atoms with Crippen molar-refractivity contribution in [2.75, 3.05) is 16.8 Å². The van der Waals surface area contributed by atoms with Crippen molar-refractivity contribution in [3.8, 4) is 0 Å². The summed E-state index contributed by atoms with van der Waals surface area (Å²) in [5.41, 5.74) is -0.170. The first-order chi connectivity index (χ1) is 12.8. The van der Waals surface area contributed by atoms with Crippen LogP contribution in [0.1, 0.15) is 19.8 Å². The number of alkyl halides is 2. The molecule has 1 N–H and O–H groups in total. The van der Waals surface area contributed by atoms with Crippen molar-refractivity contribution >= 4 is 56.3 Å². The second kappa shape index (κ2) is 10.3. The number of benzene rings is 1. The first kappa shape index (κ1) is 22.1. The molecule has 0 aliphatic rings. The fourth-order valence-corrected chi connectivity index (χ4v) is 5.71. The number of rotatable bonds is 10. The average Bonchev–Trinajstić information content (AvgIpc) is 3.08.